The fourth-order valence-electron chi connectivity index (χ4n) is 3.08. The summed E-state index contributed by atoms with van der Waals surface area (Å²) in [5.74, 6) is -0.196. The van der Waals surface area contributed by atoms with Gasteiger partial charge in [-0.3, -0.25) is 4.79 Å². The maximum Gasteiger partial charge on any atom is 0.319 e. The highest BCUT2D eigenvalue weighted by molar-refractivity contribution is 5.94. The van der Waals surface area contributed by atoms with Crippen molar-refractivity contribution in [3.8, 4) is 0 Å². The lowest BCUT2D eigenvalue weighted by Gasteiger charge is -2.37. The van der Waals surface area contributed by atoms with E-state index in [9.17, 15) is 9.59 Å². The molecule has 0 radical (unpaired) electrons. The highest BCUT2D eigenvalue weighted by atomic mass is 16.2. The minimum Gasteiger partial charge on any atom is -0.336 e. The molecule has 3 amide bonds. The Balaban J connectivity index is 1.93. The zero-order valence-electron chi connectivity index (χ0n) is 14.7. The summed E-state index contributed by atoms with van der Waals surface area (Å²) < 4.78 is 0. The predicted octanol–water partition coefficient (Wildman–Crippen LogP) is 3.06. The maximum atomic E-state index is 12.5. The number of carbonyl (C=O) groups is 2. The summed E-state index contributed by atoms with van der Waals surface area (Å²) in [4.78, 5) is 24.2. The fourth-order valence-corrected chi connectivity index (χ4v) is 3.08. The molecule has 2 atom stereocenters. The smallest absolute Gasteiger partial charge is 0.319 e. The third kappa shape index (κ3) is 4.96. The first kappa shape index (κ1) is 18.3. The molecule has 1 aromatic rings. The Morgan fingerprint density at radius 2 is 1.71 bits per heavy atom. The number of nitrogens with two attached hydrogens (primary N) is 1. The summed E-state index contributed by atoms with van der Waals surface area (Å²) in [5, 5.41) is 8.44. The number of carbonyl (C=O) groups excluding carboxylic acids is 2. The Kier molecular flexibility index (Phi) is 5.83. The van der Waals surface area contributed by atoms with Crippen molar-refractivity contribution in [2.45, 2.75) is 58.0 Å². The van der Waals surface area contributed by atoms with Crippen LogP contribution in [-0.2, 0) is 4.79 Å². The Morgan fingerprint density at radius 3 is 2.25 bits per heavy atom. The molecule has 6 heteroatoms. The van der Waals surface area contributed by atoms with E-state index < -0.39 is 5.54 Å². The molecule has 2 rings (SSSR count). The van der Waals surface area contributed by atoms with Crippen molar-refractivity contribution < 1.29 is 9.59 Å². The second kappa shape index (κ2) is 7.66. The molecular weight excluding hydrogens is 304 g/mol. The van der Waals surface area contributed by atoms with Gasteiger partial charge in [-0.15, -0.1) is 0 Å². The van der Waals surface area contributed by atoms with Crippen LogP contribution in [0.4, 0.5) is 16.2 Å². The van der Waals surface area contributed by atoms with Crippen LogP contribution < -0.4 is 21.7 Å². The van der Waals surface area contributed by atoms with Gasteiger partial charge in [0.1, 0.15) is 0 Å². The van der Waals surface area contributed by atoms with Crippen LogP contribution in [-0.4, -0.2) is 23.5 Å². The molecule has 0 spiro atoms. The van der Waals surface area contributed by atoms with E-state index in [4.69, 9.17) is 5.73 Å². The van der Waals surface area contributed by atoms with Gasteiger partial charge in [0.2, 0.25) is 5.91 Å². The lowest BCUT2D eigenvalue weighted by Crippen LogP contribution is -2.51. The van der Waals surface area contributed by atoms with E-state index >= 15 is 0 Å². The molecule has 6 nitrogen and oxygen atoms in total. The number of nitrogens with one attached hydrogen (secondary N) is 3. The van der Waals surface area contributed by atoms with Gasteiger partial charge in [-0.05, 0) is 57.9 Å². The number of hydrogen-bond donors (Lipinski definition) is 4. The van der Waals surface area contributed by atoms with Gasteiger partial charge in [0, 0.05) is 23.0 Å². The first-order chi connectivity index (χ1) is 11.3. The van der Waals surface area contributed by atoms with Crippen LogP contribution in [0.1, 0.15) is 46.5 Å². The second-order valence-electron chi connectivity index (χ2n) is 7.12. The predicted molar refractivity (Wildman–Crippen MR) is 96.9 cm³/mol. The lowest BCUT2D eigenvalue weighted by molar-refractivity contribution is -0.122. The van der Waals surface area contributed by atoms with E-state index in [1.807, 2.05) is 20.8 Å². The van der Waals surface area contributed by atoms with Gasteiger partial charge in [0.15, 0.2) is 0 Å². The molecule has 2 unspecified atom stereocenters. The molecule has 0 aliphatic heterocycles. The zero-order valence-corrected chi connectivity index (χ0v) is 14.7. The van der Waals surface area contributed by atoms with E-state index in [2.05, 4.69) is 16.0 Å². The van der Waals surface area contributed by atoms with Gasteiger partial charge in [-0.2, -0.15) is 0 Å². The van der Waals surface area contributed by atoms with Gasteiger partial charge in [-0.25, -0.2) is 4.79 Å². The molecule has 1 fully saturated rings. The number of urea groups is 1. The van der Waals surface area contributed by atoms with Crippen molar-refractivity contribution in [2.75, 3.05) is 10.6 Å². The van der Waals surface area contributed by atoms with Gasteiger partial charge in [0.25, 0.3) is 0 Å². The summed E-state index contributed by atoms with van der Waals surface area (Å²) in [7, 11) is 0. The first-order valence-electron chi connectivity index (χ1n) is 8.55. The maximum absolute atomic E-state index is 12.5. The van der Waals surface area contributed by atoms with Crippen LogP contribution >= 0.6 is 0 Å². The molecular formula is C18H28N4O2. The number of rotatable bonds is 4. The first-order valence-corrected chi connectivity index (χ1v) is 8.55. The third-order valence-corrected chi connectivity index (χ3v) is 4.40. The molecule has 24 heavy (non-hydrogen) atoms. The van der Waals surface area contributed by atoms with Crippen molar-refractivity contribution in [3.63, 3.8) is 0 Å². The van der Waals surface area contributed by atoms with E-state index in [1.54, 1.807) is 24.3 Å². The van der Waals surface area contributed by atoms with E-state index in [-0.39, 0.29) is 23.9 Å². The Bertz CT molecular complexity index is 581. The lowest BCUT2D eigenvalue weighted by atomic mass is 9.74. The molecule has 0 bridgehead atoms. The van der Waals surface area contributed by atoms with E-state index in [0.717, 1.165) is 25.7 Å². The van der Waals surface area contributed by atoms with Crippen LogP contribution in [0.15, 0.2) is 24.3 Å². The summed E-state index contributed by atoms with van der Waals surface area (Å²) in [6, 6.07) is 6.90. The molecule has 0 saturated heterocycles. The minimum atomic E-state index is -0.446. The largest absolute Gasteiger partial charge is 0.336 e. The number of hydrogen-bond acceptors (Lipinski definition) is 3. The molecule has 132 valence electrons. The van der Waals surface area contributed by atoms with Crippen molar-refractivity contribution in [3.05, 3.63) is 24.3 Å². The van der Waals surface area contributed by atoms with E-state index in [0.29, 0.717) is 11.4 Å². The quantitative estimate of drug-likeness (QED) is 0.682. The van der Waals surface area contributed by atoms with Crippen LogP contribution in [0.3, 0.4) is 0 Å². The number of anilines is 2. The van der Waals surface area contributed by atoms with Gasteiger partial charge < -0.3 is 21.7 Å². The minimum absolute atomic E-state index is 0.0297. The standard InChI is InChI=1S/C18H28N4O2/c1-12(2)20-17(24)22-14-9-7-13(8-10-14)21-16(23)15-6-4-5-11-18(15,3)19/h7-10,12,15H,4-6,11,19H2,1-3H3,(H,21,23)(H2,20,22,24). The van der Waals surface area contributed by atoms with Crippen molar-refractivity contribution in [1.29, 1.82) is 0 Å². The van der Waals surface area contributed by atoms with Crippen LogP contribution in [0.25, 0.3) is 0 Å². The fraction of sp³-hybridized carbons (Fsp3) is 0.556. The molecule has 1 saturated carbocycles. The average molecular weight is 332 g/mol. The Morgan fingerprint density at radius 1 is 1.12 bits per heavy atom. The molecule has 1 aliphatic rings. The summed E-state index contributed by atoms with van der Waals surface area (Å²) in [6.45, 7) is 5.75. The third-order valence-electron chi connectivity index (χ3n) is 4.40. The van der Waals surface area contributed by atoms with Crippen LogP contribution in [0, 0.1) is 5.92 Å². The molecule has 1 aliphatic carbocycles. The van der Waals surface area contributed by atoms with Gasteiger partial charge in [-0.1, -0.05) is 12.8 Å². The number of amides is 3. The summed E-state index contributed by atoms with van der Waals surface area (Å²) in [5.41, 5.74) is 7.21. The zero-order chi connectivity index (χ0) is 17.7. The molecule has 5 N–H and O–H groups in total. The molecule has 1 aromatic carbocycles. The Labute approximate surface area is 143 Å². The average Bonchev–Trinajstić information content (AvgIpc) is 2.47. The highest BCUT2D eigenvalue weighted by Crippen LogP contribution is 2.32. The molecule has 0 heterocycles. The van der Waals surface area contributed by atoms with Crippen LogP contribution in [0.5, 0.6) is 0 Å². The van der Waals surface area contributed by atoms with Crippen molar-refractivity contribution >= 4 is 23.3 Å². The normalized spacial score (nSPS) is 23.6. The topological polar surface area (TPSA) is 96.2 Å². The summed E-state index contributed by atoms with van der Waals surface area (Å²) in [6.07, 6.45) is 3.82. The van der Waals surface area contributed by atoms with Gasteiger partial charge in [0.05, 0.1) is 5.92 Å². The van der Waals surface area contributed by atoms with E-state index in [1.165, 1.54) is 0 Å². The second-order valence-corrected chi connectivity index (χ2v) is 7.12. The van der Waals surface area contributed by atoms with Gasteiger partial charge >= 0.3 is 6.03 Å². The van der Waals surface area contributed by atoms with Crippen LogP contribution in [0.2, 0.25) is 0 Å². The summed E-state index contributed by atoms with van der Waals surface area (Å²) >= 11 is 0. The highest BCUT2D eigenvalue weighted by Gasteiger charge is 2.37. The SMILES string of the molecule is CC(C)NC(=O)Nc1ccc(NC(=O)C2CCCCC2(C)N)cc1. The van der Waals surface area contributed by atoms with Crippen molar-refractivity contribution in [1.82, 2.24) is 5.32 Å². The van der Waals surface area contributed by atoms with Crippen molar-refractivity contribution in [2.24, 2.45) is 11.7 Å². The monoisotopic (exact) mass is 332 g/mol. The number of benzene rings is 1. The Hall–Kier alpha value is -2.08. The molecule has 0 aromatic heterocycles.